The minimum absolute atomic E-state index is 0.0636. The smallest absolute Gasteiger partial charge is 0.305 e. The number of aliphatic carboxylic acids is 1. The lowest BCUT2D eigenvalue weighted by Gasteiger charge is -2.42. The molecule has 1 unspecified atom stereocenters. The number of hydrogen-bond donors (Lipinski definition) is 1. The van der Waals surface area contributed by atoms with Crippen LogP contribution in [0.15, 0.2) is 48.5 Å². The number of carbonyl (C=O) groups is 1. The highest BCUT2D eigenvalue weighted by atomic mass is 35.5. The molecule has 1 heterocycles. The van der Waals surface area contributed by atoms with Crippen molar-refractivity contribution in [2.24, 2.45) is 0 Å². The fourth-order valence-corrected chi connectivity index (χ4v) is 3.65. The Morgan fingerprint density at radius 1 is 1.22 bits per heavy atom. The van der Waals surface area contributed by atoms with E-state index in [2.05, 4.69) is 4.90 Å². The summed E-state index contributed by atoms with van der Waals surface area (Å²) >= 11 is 6.05. The zero-order valence-corrected chi connectivity index (χ0v) is 15.4. The summed E-state index contributed by atoms with van der Waals surface area (Å²) in [5.74, 6) is -0.934. The zero-order valence-electron chi connectivity index (χ0n) is 14.6. The van der Waals surface area contributed by atoms with Crippen LogP contribution in [0, 0.1) is 10.1 Å². The number of hydrogen-bond acceptors (Lipinski definition) is 5. The summed E-state index contributed by atoms with van der Waals surface area (Å²) in [5.41, 5.74) is 1.46. The second kappa shape index (κ2) is 8.37. The van der Waals surface area contributed by atoms with Gasteiger partial charge < -0.3 is 10.0 Å². The van der Waals surface area contributed by atoms with Crippen LogP contribution in [-0.2, 0) is 11.3 Å². The van der Waals surface area contributed by atoms with E-state index in [1.54, 1.807) is 11.0 Å². The van der Waals surface area contributed by atoms with Crippen molar-refractivity contribution in [1.82, 2.24) is 4.90 Å². The molecule has 0 amide bonds. The molecule has 1 atom stereocenters. The van der Waals surface area contributed by atoms with E-state index in [1.165, 1.54) is 12.1 Å². The number of rotatable bonds is 6. The fraction of sp³-hybridized carbons (Fsp3) is 0.316. The first-order valence-corrected chi connectivity index (χ1v) is 9.00. The predicted molar refractivity (Wildman–Crippen MR) is 103 cm³/mol. The highest BCUT2D eigenvalue weighted by Gasteiger charge is 2.32. The second-order valence-electron chi connectivity index (χ2n) is 6.56. The Bertz CT molecular complexity index is 831. The molecule has 3 rings (SSSR count). The zero-order chi connectivity index (χ0) is 19.4. The normalized spacial score (nSPS) is 17.7. The first-order valence-electron chi connectivity index (χ1n) is 8.62. The third-order valence-corrected chi connectivity index (χ3v) is 4.90. The first kappa shape index (κ1) is 19.1. The van der Waals surface area contributed by atoms with Crippen LogP contribution < -0.4 is 4.90 Å². The van der Waals surface area contributed by atoms with Gasteiger partial charge in [-0.15, -0.1) is 0 Å². The lowest BCUT2D eigenvalue weighted by Crippen LogP contribution is -2.53. The average molecular weight is 390 g/mol. The van der Waals surface area contributed by atoms with Crippen molar-refractivity contribution in [3.8, 4) is 0 Å². The van der Waals surface area contributed by atoms with Crippen molar-refractivity contribution in [2.45, 2.75) is 19.0 Å². The number of nitrogens with zero attached hydrogens (tertiary/aromatic N) is 3. The van der Waals surface area contributed by atoms with Gasteiger partial charge in [0, 0.05) is 37.3 Å². The number of carboxylic acids is 1. The summed E-state index contributed by atoms with van der Waals surface area (Å²) in [6, 6.07) is 13.9. The maximum atomic E-state index is 11.4. The minimum atomic E-state index is -0.934. The monoisotopic (exact) mass is 389 g/mol. The Kier molecular flexibility index (Phi) is 5.93. The van der Waals surface area contributed by atoms with Gasteiger partial charge in [0.15, 0.2) is 0 Å². The van der Waals surface area contributed by atoms with Crippen molar-refractivity contribution in [2.75, 3.05) is 24.5 Å². The van der Waals surface area contributed by atoms with Crippen molar-refractivity contribution in [3.63, 3.8) is 0 Å². The van der Waals surface area contributed by atoms with E-state index in [0.29, 0.717) is 36.9 Å². The number of nitro groups is 1. The predicted octanol–water partition coefficient (Wildman–Crippen LogP) is 3.41. The highest BCUT2D eigenvalue weighted by Crippen LogP contribution is 2.34. The van der Waals surface area contributed by atoms with Gasteiger partial charge in [0.05, 0.1) is 17.4 Å². The van der Waals surface area contributed by atoms with E-state index in [-0.39, 0.29) is 18.2 Å². The maximum Gasteiger partial charge on any atom is 0.305 e. The molecular weight excluding hydrogens is 370 g/mol. The summed E-state index contributed by atoms with van der Waals surface area (Å²) in [5, 5.41) is 21.1. The molecule has 27 heavy (non-hydrogen) atoms. The quantitative estimate of drug-likeness (QED) is 0.601. The van der Waals surface area contributed by atoms with Crippen LogP contribution in [-0.4, -0.2) is 46.6 Å². The van der Waals surface area contributed by atoms with Crippen LogP contribution in [0.3, 0.4) is 0 Å². The van der Waals surface area contributed by atoms with Crippen molar-refractivity contribution < 1.29 is 14.8 Å². The molecule has 1 aliphatic rings. The summed E-state index contributed by atoms with van der Waals surface area (Å²) in [6.07, 6.45) is -0.102. The van der Waals surface area contributed by atoms with Crippen LogP contribution >= 0.6 is 11.6 Å². The van der Waals surface area contributed by atoms with Crippen molar-refractivity contribution >= 4 is 28.9 Å². The summed E-state index contributed by atoms with van der Waals surface area (Å²) < 4.78 is 0. The van der Waals surface area contributed by atoms with Crippen LogP contribution in [0.2, 0.25) is 5.02 Å². The molecule has 0 spiro atoms. The van der Waals surface area contributed by atoms with E-state index in [1.807, 2.05) is 30.3 Å². The average Bonchev–Trinajstić information content (AvgIpc) is 2.62. The number of nitro benzene ring substituents is 1. The minimum Gasteiger partial charge on any atom is -0.481 e. The Hall–Kier alpha value is -2.64. The molecule has 2 aromatic rings. The van der Waals surface area contributed by atoms with Crippen molar-refractivity contribution in [1.29, 1.82) is 0 Å². The van der Waals surface area contributed by atoms with Gasteiger partial charge in [-0.1, -0.05) is 41.9 Å². The van der Waals surface area contributed by atoms with Gasteiger partial charge in [-0.3, -0.25) is 19.8 Å². The second-order valence-corrected chi connectivity index (χ2v) is 6.99. The summed E-state index contributed by atoms with van der Waals surface area (Å²) in [6.45, 7) is 2.38. The Labute approximate surface area is 161 Å². The fourth-order valence-electron chi connectivity index (χ4n) is 3.48. The number of anilines is 1. The van der Waals surface area contributed by atoms with E-state index in [9.17, 15) is 20.0 Å². The van der Waals surface area contributed by atoms with E-state index in [4.69, 9.17) is 11.6 Å². The van der Waals surface area contributed by atoms with Crippen LogP contribution in [0.25, 0.3) is 0 Å². The third kappa shape index (κ3) is 4.75. The molecule has 0 saturated carbocycles. The molecule has 0 radical (unpaired) electrons. The van der Waals surface area contributed by atoms with Gasteiger partial charge in [-0.05, 0) is 17.7 Å². The molecule has 1 fully saturated rings. The largest absolute Gasteiger partial charge is 0.481 e. The standard InChI is InChI=1S/C19H20ClN3O4/c20-15-6-7-17(23(26)27)18(10-15)22-9-8-21(13-16(22)11-19(24)25)12-14-4-2-1-3-5-14/h1-7,10,16H,8-9,11-13H2,(H,24,25). The molecule has 7 nitrogen and oxygen atoms in total. The van der Waals surface area contributed by atoms with E-state index < -0.39 is 10.9 Å². The number of piperazine rings is 1. The number of carboxylic acid groups (broad SMARTS) is 1. The molecule has 2 aromatic carbocycles. The van der Waals surface area contributed by atoms with Gasteiger partial charge >= 0.3 is 5.97 Å². The maximum absolute atomic E-state index is 11.4. The Morgan fingerprint density at radius 2 is 1.96 bits per heavy atom. The SMILES string of the molecule is O=C(O)CC1CN(Cc2ccccc2)CCN1c1cc(Cl)ccc1[N+](=O)[O-]. The molecule has 0 aliphatic carbocycles. The Balaban J connectivity index is 1.85. The van der Waals surface area contributed by atoms with Crippen LogP contribution in [0.5, 0.6) is 0 Å². The molecule has 0 bridgehead atoms. The summed E-state index contributed by atoms with van der Waals surface area (Å²) in [7, 11) is 0. The molecule has 0 aromatic heterocycles. The van der Waals surface area contributed by atoms with Crippen LogP contribution in [0.4, 0.5) is 11.4 Å². The lowest BCUT2D eigenvalue weighted by atomic mass is 10.1. The van der Waals surface area contributed by atoms with Gasteiger partial charge in [-0.25, -0.2) is 0 Å². The molecule has 1 saturated heterocycles. The molecule has 142 valence electrons. The molecule has 8 heteroatoms. The van der Waals surface area contributed by atoms with Crippen LogP contribution in [0.1, 0.15) is 12.0 Å². The lowest BCUT2D eigenvalue weighted by molar-refractivity contribution is -0.384. The summed E-state index contributed by atoms with van der Waals surface area (Å²) in [4.78, 5) is 26.3. The van der Waals surface area contributed by atoms with E-state index >= 15 is 0 Å². The van der Waals surface area contributed by atoms with Gasteiger partial charge in [0.1, 0.15) is 5.69 Å². The Morgan fingerprint density at radius 3 is 2.63 bits per heavy atom. The van der Waals surface area contributed by atoms with Gasteiger partial charge in [0.2, 0.25) is 0 Å². The first-order chi connectivity index (χ1) is 12.9. The topological polar surface area (TPSA) is 86.9 Å². The number of halogens is 1. The third-order valence-electron chi connectivity index (χ3n) is 4.67. The van der Waals surface area contributed by atoms with Crippen molar-refractivity contribution in [3.05, 3.63) is 69.2 Å². The van der Waals surface area contributed by atoms with Gasteiger partial charge in [0.25, 0.3) is 5.69 Å². The molecule has 1 N–H and O–H groups in total. The molecule has 1 aliphatic heterocycles. The molecular formula is C19H20ClN3O4. The van der Waals surface area contributed by atoms with Gasteiger partial charge in [-0.2, -0.15) is 0 Å². The highest BCUT2D eigenvalue weighted by molar-refractivity contribution is 6.31. The van der Waals surface area contributed by atoms with E-state index in [0.717, 1.165) is 5.56 Å². The number of benzene rings is 2.